The summed E-state index contributed by atoms with van der Waals surface area (Å²) in [5, 5.41) is 8.04. The minimum atomic E-state index is 0.500. The van der Waals surface area contributed by atoms with Gasteiger partial charge >= 0.3 is 0 Å². The number of nitrogens with two attached hydrogens (primary N) is 1. The van der Waals surface area contributed by atoms with Crippen molar-refractivity contribution in [2.24, 2.45) is 0 Å². The van der Waals surface area contributed by atoms with E-state index in [1.54, 1.807) is 4.68 Å². The number of aromatic nitrogens is 3. The van der Waals surface area contributed by atoms with Crippen LogP contribution in [0.1, 0.15) is 12.6 Å². The average molecular weight is 264 g/mol. The van der Waals surface area contributed by atoms with Gasteiger partial charge in [0.05, 0.1) is 11.4 Å². The first kappa shape index (κ1) is 12.4. The Bertz CT molecular complexity index is 699. The van der Waals surface area contributed by atoms with Gasteiger partial charge in [0.15, 0.2) is 5.82 Å². The van der Waals surface area contributed by atoms with Gasteiger partial charge in [-0.3, -0.25) is 0 Å². The van der Waals surface area contributed by atoms with Gasteiger partial charge in [0.1, 0.15) is 0 Å². The summed E-state index contributed by atoms with van der Waals surface area (Å²) in [4.78, 5) is 0. The van der Waals surface area contributed by atoms with E-state index in [0.717, 1.165) is 17.8 Å². The summed E-state index contributed by atoms with van der Waals surface area (Å²) < 4.78 is 1.80. The standard InChI is InChI=1S/C16H16N4/c1-2-15-16(17)18-19-20(15)14-10-8-13(9-11-14)12-6-4-3-5-7-12/h3-11H,2,17H2,1H3. The van der Waals surface area contributed by atoms with Crippen molar-refractivity contribution in [3.05, 3.63) is 60.3 Å². The normalized spacial score (nSPS) is 10.7. The highest BCUT2D eigenvalue weighted by Gasteiger charge is 2.09. The van der Waals surface area contributed by atoms with Gasteiger partial charge in [-0.05, 0) is 29.7 Å². The SMILES string of the molecule is CCc1c(N)nnn1-c1ccc(-c2ccccc2)cc1. The molecule has 1 aromatic heterocycles. The van der Waals surface area contributed by atoms with Crippen LogP contribution in [0.4, 0.5) is 5.82 Å². The zero-order valence-electron chi connectivity index (χ0n) is 11.3. The highest BCUT2D eigenvalue weighted by atomic mass is 15.4. The van der Waals surface area contributed by atoms with Crippen LogP contribution in [0.2, 0.25) is 0 Å². The number of nitrogens with zero attached hydrogens (tertiary/aromatic N) is 3. The van der Waals surface area contributed by atoms with Crippen molar-refractivity contribution in [2.75, 3.05) is 5.73 Å². The molecule has 3 rings (SSSR count). The van der Waals surface area contributed by atoms with Crippen LogP contribution < -0.4 is 5.73 Å². The van der Waals surface area contributed by atoms with E-state index in [-0.39, 0.29) is 0 Å². The first-order chi connectivity index (χ1) is 9.79. The van der Waals surface area contributed by atoms with Crippen LogP contribution in [0.15, 0.2) is 54.6 Å². The van der Waals surface area contributed by atoms with E-state index in [1.807, 2.05) is 37.3 Å². The zero-order valence-corrected chi connectivity index (χ0v) is 11.3. The molecule has 4 heteroatoms. The fourth-order valence-electron chi connectivity index (χ4n) is 2.28. The summed E-state index contributed by atoms with van der Waals surface area (Å²) in [5.74, 6) is 0.500. The number of nitrogen functional groups attached to an aromatic ring is 1. The minimum absolute atomic E-state index is 0.500. The molecule has 0 aliphatic rings. The molecule has 0 aliphatic carbocycles. The molecular formula is C16H16N4. The van der Waals surface area contributed by atoms with Crippen molar-refractivity contribution >= 4 is 5.82 Å². The summed E-state index contributed by atoms with van der Waals surface area (Å²) in [6, 6.07) is 18.5. The Morgan fingerprint density at radius 3 is 2.25 bits per heavy atom. The minimum Gasteiger partial charge on any atom is -0.381 e. The molecule has 0 bridgehead atoms. The Kier molecular flexibility index (Phi) is 3.21. The van der Waals surface area contributed by atoms with Crippen molar-refractivity contribution in [3.8, 4) is 16.8 Å². The topological polar surface area (TPSA) is 56.7 Å². The van der Waals surface area contributed by atoms with Gasteiger partial charge in [0, 0.05) is 0 Å². The molecule has 2 aromatic carbocycles. The molecule has 3 aromatic rings. The summed E-state index contributed by atoms with van der Waals surface area (Å²) >= 11 is 0. The van der Waals surface area contributed by atoms with Crippen LogP contribution in [0, 0.1) is 0 Å². The van der Waals surface area contributed by atoms with Gasteiger partial charge in [-0.15, -0.1) is 5.10 Å². The van der Waals surface area contributed by atoms with Crippen LogP contribution in [-0.2, 0) is 6.42 Å². The van der Waals surface area contributed by atoms with E-state index >= 15 is 0 Å². The predicted octanol–water partition coefficient (Wildman–Crippen LogP) is 3.08. The quantitative estimate of drug-likeness (QED) is 0.791. The van der Waals surface area contributed by atoms with Crippen molar-refractivity contribution in [1.29, 1.82) is 0 Å². The average Bonchev–Trinajstić information content (AvgIpc) is 2.89. The predicted molar refractivity (Wildman–Crippen MR) is 80.6 cm³/mol. The molecule has 2 N–H and O–H groups in total. The summed E-state index contributed by atoms with van der Waals surface area (Å²) in [7, 11) is 0. The highest BCUT2D eigenvalue weighted by molar-refractivity contribution is 5.64. The van der Waals surface area contributed by atoms with E-state index in [0.29, 0.717) is 5.82 Å². The second kappa shape index (κ2) is 5.17. The van der Waals surface area contributed by atoms with E-state index < -0.39 is 0 Å². The number of rotatable bonds is 3. The molecule has 0 radical (unpaired) electrons. The fraction of sp³-hybridized carbons (Fsp3) is 0.125. The summed E-state index contributed by atoms with van der Waals surface area (Å²) in [6.45, 7) is 2.05. The summed E-state index contributed by atoms with van der Waals surface area (Å²) in [6.07, 6.45) is 0.805. The first-order valence-corrected chi connectivity index (χ1v) is 6.65. The van der Waals surface area contributed by atoms with Gasteiger partial charge in [-0.2, -0.15) is 0 Å². The third kappa shape index (κ3) is 2.16. The fourth-order valence-corrected chi connectivity index (χ4v) is 2.28. The van der Waals surface area contributed by atoms with Crippen molar-refractivity contribution < 1.29 is 0 Å². The number of hydrogen-bond acceptors (Lipinski definition) is 3. The molecule has 0 saturated carbocycles. The lowest BCUT2D eigenvalue weighted by Crippen LogP contribution is -2.02. The van der Waals surface area contributed by atoms with Crippen LogP contribution >= 0.6 is 0 Å². The van der Waals surface area contributed by atoms with Gasteiger partial charge < -0.3 is 5.73 Å². The maximum absolute atomic E-state index is 5.82. The Morgan fingerprint density at radius 1 is 0.950 bits per heavy atom. The van der Waals surface area contributed by atoms with E-state index in [2.05, 4.69) is 34.6 Å². The molecule has 1 heterocycles. The Morgan fingerprint density at radius 2 is 1.60 bits per heavy atom. The largest absolute Gasteiger partial charge is 0.381 e. The maximum atomic E-state index is 5.82. The summed E-state index contributed by atoms with van der Waals surface area (Å²) in [5.41, 5.74) is 10.1. The molecule has 100 valence electrons. The van der Waals surface area contributed by atoms with Gasteiger partial charge in [0.2, 0.25) is 0 Å². The van der Waals surface area contributed by atoms with Crippen molar-refractivity contribution in [2.45, 2.75) is 13.3 Å². The van der Waals surface area contributed by atoms with Crippen molar-refractivity contribution in [3.63, 3.8) is 0 Å². The maximum Gasteiger partial charge on any atom is 0.169 e. The van der Waals surface area contributed by atoms with Crippen LogP contribution in [0.5, 0.6) is 0 Å². The smallest absolute Gasteiger partial charge is 0.169 e. The van der Waals surface area contributed by atoms with Crippen LogP contribution in [0.3, 0.4) is 0 Å². The third-order valence-corrected chi connectivity index (χ3v) is 3.35. The van der Waals surface area contributed by atoms with Crippen LogP contribution in [0.25, 0.3) is 16.8 Å². The monoisotopic (exact) mass is 264 g/mol. The van der Waals surface area contributed by atoms with Gasteiger partial charge in [-0.1, -0.05) is 54.6 Å². The Labute approximate surface area is 117 Å². The van der Waals surface area contributed by atoms with E-state index in [9.17, 15) is 0 Å². The lowest BCUT2D eigenvalue weighted by Gasteiger charge is -2.06. The van der Waals surface area contributed by atoms with Crippen LogP contribution in [-0.4, -0.2) is 15.0 Å². The molecule has 0 amide bonds. The van der Waals surface area contributed by atoms with E-state index in [4.69, 9.17) is 5.73 Å². The number of benzene rings is 2. The number of anilines is 1. The zero-order chi connectivity index (χ0) is 13.9. The second-order valence-corrected chi connectivity index (χ2v) is 4.60. The lowest BCUT2D eigenvalue weighted by atomic mass is 10.1. The van der Waals surface area contributed by atoms with Crippen molar-refractivity contribution in [1.82, 2.24) is 15.0 Å². The van der Waals surface area contributed by atoms with Gasteiger partial charge in [-0.25, -0.2) is 4.68 Å². The molecule has 4 nitrogen and oxygen atoms in total. The molecule has 0 atom stereocenters. The molecule has 0 unspecified atom stereocenters. The third-order valence-electron chi connectivity index (χ3n) is 3.35. The molecule has 0 spiro atoms. The molecule has 0 saturated heterocycles. The Hall–Kier alpha value is -2.62. The molecule has 0 aliphatic heterocycles. The van der Waals surface area contributed by atoms with E-state index in [1.165, 1.54) is 11.1 Å². The molecule has 20 heavy (non-hydrogen) atoms. The highest BCUT2D eigenvalue weighted by Crippen LogP contribution is 2.21. The second-order valence-electron chi connectivity index (χ2n) is 4.60. The van der Waals surface area contributed by atoms with Gasteiger partial charge in [0.25, 0.3) is 0 Å². The Balaban J connectivity index is 1.97. The first-order valence-electron chi connectivity index (χ1n) is 6.65. The lowest BCUT2D eigenvalue weighted by molar-refractivity contribution is 0.767. The molecule has 0 fully saturated rings. The number of hydrogen-bond donors (Lipinski definition) is 1. The molecular weight excluding hydrogens is 248 g/mol.